The monoisotopic (exact) mass is 297 g/mol. The van der Waals surface area contributed by atoms with Crippen molar-refractivity contribution < 1.29 is 14.7 Å². The minimum atomic E-state index is -0.993. The highest BCUT2D eigenvalue weighted by atomic mass is 16.4. The molecule has 116 valence electrons. The summed E-state index contributed by atoms with van der Waals surface area (Å²) < 4.78 is 1.99. The molecule has 0 aromatic carbocycles. The third kappa shape index (κ3) is 4.90. The first-order valence-electron chi connectivity index (χ1n) is 6.62. The molecule has 0 saturated carbocycles. The number of carboxylic acids is 1. The molecule has 1 unspecified atom stereocenters. The van der Waals surface area contributed by atoms with Crippen molar-refractivity contribution >= 4 is 11.9 Å². The van der Waals surface area contributed by atoms with Crippen LogP contribution in [0.2, 0.25) is 0 Å². The molecule has 1 aromatic rings. The number of amides is 1. The number of aliphatic carboxylic acids is 1. The van der Waals surface area contributed by atoms with Crippen molar-refractivity contribution in [2.24, 2.45) is 7.05 Å². The normalized spacial score (nSPS) is 11.9. The molecule has 0 spiro atoms. The predicted molar refractivity (Wildman–Crippen MR) is 75.0 cm³/mol. The van der Waals surface area contributed by atoms with Crippen molar-refractivity contribution in [1.82, 2.24) is 14.5 Å². The van der Waals surface area contributed by atoms with E-state index in [9.17, 15) is 19.2 Å². The molecule has 0 aliphatic rings. The van der Waals surface area contributed by atoms with Crippen LogP contribution in [0, 0.1) is 0 Å². The standard InChI is InChI=1S/C13H19N3O5/c1-3-4-9(7-12(19)20)14-10(17)8-16-6-5-11(18)15(2)13(16)21/h5-6,9H,3-4,7-8H2,1-2H3,(H,14,17)(H,19,20). The third-order valence-electron chi connectivity index (χ3n) is 3.00. The molecule has 0 aliphatic carbocycles. The molecule has 1 atom stereocenters. The first-order chi connectivity index (χ1) is 9.85. The summed E-state index contributed by atoms with van der Waals surface area (Å²) in [5, 5.41) is 11.4. The van der Waals surface area contributed by atoms with Gasteiger partial charge in [0.2, 0.25) is 5.91 Å². The summed E-state index contributed by atoms with van der Waals surface area (Å²) in [6.07, 6.45) is 2.36. The van der Waals surface area contributed by atoms with Gasteiger partial charge >= 0.3 is 11.7 Å². The van der Waals surface area contributed by atoms with Crippen LogP contribution in [0.5, 0.6) is 0 Å². The second kappa shape index (κ2) is 7.41. The van der Waals surface area contributed by atoms with Crippen LogP contribution in [0.15, 0.2) is 21.9 Å². The first kappa shape index (κ1) is 16.7. The minimum absolute atomic E-state index is 0.165. The van der Waals surface area contributed by atoms with E-state index in [1.54, 1.807) is 0 Å². The van der Waals surface area contributed by atoms with Crippen LogP contribution in [0.4, 0.5) is 0 Å². The van der Waals surface area contributed by atoms with Gasteiger partial charge in [-0.25, -0.2) is 4.79 Å². The molecule has 1 heterocycles. The SMILES string of the molecule is CCCC(CC(=O)O)NC(=O)Cn1ccc(=O)n(C)c1=O. The molecule has 2 N–H and O–H groups in total. The Hall–Kier alpha value is -2.38. The lowest BCUT2D eigenvalue weighted by molar-refractivity contribution is -0.137. The number of carbonyl (C=O) groups excluding carboxylic acids is 1. The van der Waals surface area contributed by atoms with Gasteiger partial charge in [-0.3, -0.25) is 23.5 Å². The van der Waals surface area contributed by atoms with E-state index in [0.29, 0.717) is 6.42 Å². The van der Waals surface area contributed by atoms with E-state index in [4.69, 9.17) is 5.11 Å². The smallest absolute Gasteiger partial charge is 0.331 e. The number of hydrogen-bond donors (Lipinski definition) is 2. The van der Waals surface area contributed by atoms with Crippen LogP contribution >= 0.6 is 0 Å². The topological polar surface area (TPSA) is 110 Å². The highest BCUT2D eigenvalue weighted by Gasteiger charge is 2.16. The van der Waals surface area contributed by atoms with E-state index in [0.717, 1.165) is 15.6 Å². The van der Waals surface area contributed by atoms with Crippen LogP contribution in [-0.2, 0) is 23.2 Å². The second-order valence-electron chi connectivity index (χ2n) is 4.77. The lowest BCUT2D eigenvalue weighted by atomic mass is 10.1. The molecular formula is C13H19N3O5. The Bertz CT molecular complexity index is 631. The van der Waals surface area contributed by atoms with Gasteiger partial charge in [0, 0.05) is 25.4 Å². The summed E-state index contributed by atoms with van der Waals surface area (Å²) in [7, 11) is 1.32. The van der Waals surface area contributed by atoms with Crippen molar-refractivity contribution in [3.8, 4) is 0 Å². The van der Waals surface area contributed by atoms with Crippen LogP contribution in [0.1, 0.15) is 26.2 Å². The van der Waals surface area contributed by atoms with Gasteiger partial charge in [-0.15, -0.1) is 0 Å². The maximum atomic E-state index is 11.9. The highest BCUT2D eigenvalue weighted by Crippen LogP contribution is 2.02. The molecule has 0 fully saturated rings. The van der Waals surface area contributed by atoms with Gasteiger partial charge in [0.25, 0.3) is 5.56 Å². The Morgan fingerprint density at radius 2 is 2.05 bits per heavy atom. The zero-order valence-electron chi connectivity index (χ0n) is 12.0. The lowest BCUT2D eigenvalue weighted by Crippen LogP contribution is -2.43. The van der Waals surface area contributed by atoms with E-state index >= 15 is 0 Å². The fourth-order valence-electron chi connectivity index (χ4n) is 1.95. The molecule has 8 nitrogen and oxygen atoms in total. The fourth-order valence-corrected chi connectivity index (χ4v) is 1.95. The van der Waals surface area contributed by atoms with Gasteiger partial charge in [-0.2, -0.15) is 0 Å². The van der Waals surface area contributed by atoms with E-state index in [1.807, 2.05) is 6.92 Å². The van der Waals surface area contributed by atoms with Crippen LogP contribution in [0.25, 0.3) is 0 Å². The number of nitrogens with one attached hydrogen (secondary N) is 1. The molecule has 1 amide bonds. The summed E-state index contributed by atoms with van der Waals surface area (Å²) in [6.45, 7) is 1.63. The number of carboxylic acid groups (broad SMARTS) is 1. The molecular weight excluding hydrogens is 278 g/mol. The average Bonchev–Trinajstić information content (AvgIpc) is 2.39. The highest BCUT2D eigenvalue weighted by molar-refractivity contribution is 5.77. The molecule has 0 bridgehead atoms. The maximum absolute atomic E-state index is 11.9. The Kier molecular flexibility index (Phi) is 5.89. The molecule has 21 heavy (non-hydrogen) atoms. The Labute approximate surface area is 121 Å². The lowest BCUT2D eigenvalue weighted by Gasteiger charge is -2.16. The molecule has 1 rings (SSSR count). The van der Waals surface area contributed by atoms with Crippen LogP contribution in [-0.4, -0.2) is 32.2 Å². The van der Waals surface area contributed by atoms with Gasteiger partial charge in [0.15, 0.2) is 0 Å². The van der Waals surface area contributed by atoms with E-state index in [-0.39, 0.29) is 13.0 Å². The molecule has 0 saturated heterocycles. The van der Waals surface area contributed by atoms with Crippen molar-refractivity contribution in [3.05, 3.63) is 33.1 Å². The molecule has 0 radical (unpaired) electrons. The zero-order chi connectivity index (χ0) is 16.0. The molecule has 0 aliphatic heterocycles. The van der Waals surface area contributed by atoms with Gasteiger partial charge in [0.05, 0.1) is 6.42 Å². The van der Waals surface area contributed by atoms with Gasteiger partial charge in [-0.1, -0.05) is 13.3 Å². The zero-order valence-corrected chi connectivity index (χ0v) is 12.0. The Balaban J connectivity index is 2.77. The van der Waals surface area contributed by atoms with E-state index < -0.39 is 29.2 Å². The third-order valence-corrected chi connectivity index (χ3v) is 3.00. The summed E-state index contributed by atoms with van der Waals surface area (Å²) in [4.78, 5) is 45.6. The van der Waals surface area contributed by atoms with Crippen LogP contribution < -0.4 is 16.6 Å². The largest absolute Gasteiger partial charge is 0.481 e. The van der Waals surface area contributed by atoms with Gasteiger partial charge in [-0.05, 0) is 6.42 Å². The number of aromatic nitrogens is 2. The van der Waals surface area contributed by atoms with Gasteiger partial charge < -0.3 is 10.4 Å². The summed E-state index contributed by atoms with van der Waals surface area (Å²) >= 11 is 0. The van der Waals surface area contributed by atoms with Crippen molar-refractivity contribution in [2.45, 2.75) is 38.8 Å². The number of hydrogen-bond acceptors (Lipinski definition) is 4. The predicted octanol–water partition coefficient (Wildman–Crippen LogP) is -0.693. The number of carbonyl (C=O) groups is 2. The maximum Gasteiger partial charge on any atom is 0.331 e. The second-order valence-corrected chi connectivity index (χ2v) is 4.77. The van der Waals surface area contributed by atoms with E-state index in [1.165, 1.54) is 19.3 Å². The Morgan fingerprint density at radius 1 is 1.38 bits per heavy atom. The summed E-state index contributed by atoms with van der Waals surface area (Å²) in [5.41, 5.74) is -1.05. The summed E-state index contributed by atoms with van der Waals surface area (Å²) in [5.74, 6) is -1.46. The number of nitrogens with zero attached hydrogens (tertiary/aromatic N) is 2. The van der Waals surface area contributed by atoms with Crippen molar-refractivity contribution in [3.63, 3.8) is 0 Å². The summed E-state index contributed by atoms with van der Waals surface area (Å²) in [6, 6.07) is 0.721. The average molecular weight is 297 g/mol. The van der Waals surface area contributed by atoms with Gasteiger partial charge in [0.1, 0.15) is 6.54 Å². The Morgan fingerprint density at radius 3 is 2.62 bits per heavy atom. The molecule has 8 heteroatoms. The molecule has 1 aromatic heterocycles. The fraction of sp³-hybridized carbons (Fsp3) is 0.538. The van der Waals surface area contributed by atoms with Crippen LogP contribution in [0.3, 0.4) is 0 Å². The number of rotatable bonds is 7. The van der Waals surface area contributed by atoms with E-state index in [2.05, 4.69) is 5.32 Å². The quantitative estimate of drug-likeness (QED) is 0.692. The van der Waals surface area contributed by atoms with Crippen molar-refractivity contribution in [2.75, 3.05) is 0 Å². The minimum Gasteiger partial charge on any atom is -0.481 e. The first-order valence-corrected chi connectivity index (χ1v) is 6.62. The van der Waals surface area contributed by atoms with Crippen molar-refractivity contribution in [1.29, 1.82) is 0 Å².